The zero-order valence-corrected chi connectivity index (χ0v) is 22.2. The number of benzene rings is 2. The summed E-state index contributed by atoms with van der Waals surface area (Å²) in [4.78, 5) is 4.88. The molecule has 0 spiro atoms. The minimum Gasteiger partial charge on any atom is -0.508 e. The van der Waals surface area contributed by atoms with Gasteiger partial charge in [-0.1, -0.05) is 49.4 Å². The summed E-state index contributed by atoms with van der Waals surface area (Å²) >= 11 is 0. The molecule has 1 N–H and O–H groups in total. The van der Waals surface area contributed by atoms with E-state index in [0.717, 1.165) is 57.6 Å². The van der Waals surface area contributed by atoms with Crippen molar-refractivity contribution in [2.75, 3.05) is 33.8 Å². The van der Waals surface area contributed by atoms with Gasteiger partial charge in [-0.2, -0.15) is 0 Å². The van der Waals surface area contributed by atoms with Gasteiger partial charge in [0, 0.05) is 25.7 Å². The predicted molar refractivity (Wildman–Crippen MR) is 149 cm³/mol. The molecule has 2 unspecified atom stereocenters. The molecule has 192 valence electrons. The summed E-state index contributed by atoms with van der Waals surface area (Å²) in [5.41, 5.74) is 5.42. The van der Waals surface area contributed by atoms with Crippen LogP contribution in [0.5, 0.6) is 5.75 Å². The molecule has 4 rings (SSSR count). The van der Waals surface area contributed by atoms with Crippen molar-refractivity contribution in [1.29, 1.82) is 0 Å². The number of methoxy groups -OCH3 is 1. The summed E-state index contributed by atoms with van der Waals surface area (Å²) in [7, 11) is 3.90. The number of ether oxygens (including phenoxy) is 1. The first-order valence-electron chi connectivity index (χ1n) is 13.4. The van der Waals surface area contributed by atoms with Crippen LogP contribution >= 0.6 is 0 Å². The quantitative estimate of drug-likeness (QED) is 0.410. The number of nitrogens with zero attached hydrogens (tertiary/aromatic N) is 2. The van der Waals surface area contributed by atoms with Gasteiger partial charge in [0.2, 0.25) is 0 Å². The van der Waals surface area contributed by atoms with E-state index in [4.69, 9.17) is 4.74 Å². The van der Waals surface area contributed by atoms with Crippen LogP contribution in [0.1, 0.15) is 35.6 Å². The topological polar surface area (TPSA) is 35.9 Å². The summed E-state index contributed by atoms with van der Waals surface area (Å²) in [5.74, 6) is 2.34. The third kappa shape index (κ3) is 6.48. The van der Waals surface area contributed by atoms with Gasteiger partial charge < -0.3 is 14.7 Å². The molecule has 4 heteroatoms. The predicted octanol–water partition coefficient (Wildman–Crippen LogP) is 5.76. The van der Waals surface area contributed by atoms with Crippen LogP contribution < -0.4 is 0 Å². The molecule has 0 radical (unpaired) electrons. The maximum absolute atomic E-state index is 9.89. The van der Waals surface area contributed by atoms with Crippen LogP contribution in [-0.2, 0) is 30.5 Å². The molecule has 0 saturated heterocycles. The van der Waals surface area contributed by atoms with Crippen LogP contribution in [0.25, 0.3) is 0 Å². The Kier molecular flexibility index (Phi) is 9.06. The molecule has 2 aromatic carbocycles. The molecule has 0 heterocycles. The fraction of sp³-hybridized carbons (Fsp3) is 0.438. The number of likely N-dealkylation sites (N-methyl/N-ethyl adjacent to an activating group) is 2. The number of phenolic OH excluding ortho intramolecular Hbond substituents is 1. The second kappa shape index (κ2) is 12.4. The fourth-order valence-corrected chi connectivity index (χ4v) is 5.78. The number of rotatable bonds is 11. The number of phenols is 1. The lowest BCUT2D eigenvalue weighted by atomic mass is 9.72. The van der Waals surface area contributed by atoms with E-state index in [1.54, 1.807) is 7.11 Å². The van der Waals surface area contributed by atoms with E-state index in [1.165, 1.54) is 22.3 Å². The van der Waals surface area contributed by atoms with Crippen molar-refractivity contribution in [2.45, 2.75) is 45.2 Å². The molecule has 2 aliphatic carbocycles. The van der Waals surface area contributed by atoms with Crippen LogP contribution in [0.3, 0.4) is 0 Å². The lowest BCUT2D eigenvalue weighted by Gasteiger charge is -2.41. The summed E-state index contributed by atoms with van der Waals surface area (Å²) in [6, 6.07) is 15.3. The van der Waals surface area contributed by atoms with Crippen molar-refractivity contribution >= 4 is 0 Å². The molecule has 0 bridgehead atoms. The number of fused-ring (bicyclic) bond motifs is 1. The largest absolute Gasteiger partial charge is 0.508 e. The van der Waals surface area contributed by atoms with Crippen LogP contribution in [0.2, 0.25) is 0 Å². The van der Waals surface area contributed by atoms with Crippen molar-refractivity contribution in [2.24, 2.45) is 11.8 Å². The van der Waals surface area contributed by atoms with Crippen LogP contribution in [0.15, 0.2) is 79.1 Å². The molecule has 0 fully saturated rings. The number of allylic oxidation sites excluding steroid dienone is 1. The van der Waals surface area contributed by atoms with Gasteiger partial charge in [-0.25, -0.2) is 0 Å². The van der Waals surface area contributed by atoms with Gasteiger partial charge in [0.15, 0.2) is 0 Å². The Labute approximate surface area is 217 Å². The van der Waals surface area contributed by atoms with Gasteiger partial charge in [0.05, 0.1) is 7.11 Å². The van der Waals surface area contributed by atoms with Crippen molar-refractivity contribution in [3.05, 3.63) is 101 Å². The average Bonchev–Trinajstić information content (AvgIpc) is 2.90. The van der Waals surface area contributed by atoms with Crippen LogP contribution in [0, 0.1) is 11.8 Å². The van der Waals surface area contributed by atoms with E-state index in [-0.39, 0.29) is 0 Å². The minimum absolute atomic E-state index is 0.297. The first kappa shape index (κ1) is 26.2. The lowest BCUT2D eigenvalue weighted by molar-refractivity contribution is 0.147. The van der Waals surface area contributed by atoms with E-state index < -0.39 is 0 Å². The highest BCUT2D eigenvalue weighted by Gasteiger charge is 2.34. The summed E-state index contributed by atoms with van der Waals surface area (Å²) in [6.45, 7) is 9.96. The molecule has 3 atom stereocenters. The van der Waals surface area contributed by atoms with Gasteiger partial charge >= 0.3 is 0 Å². The van der Waals surface area contributed by atoms with Gasteiger partial charge in [-0.05, 0) is 97.7 Å². The zero-order valence-electron chi connectivity index (χ0n) is 22.2. The first-order chi connectivity index (χ1) is 17.5. The van der Waals surface area contributed by atoms with E-state index in [0.29, 0.717) is 23.6 Å². The molecule has 0 amide bonds. The van der Waals surface area contributed by atoms with E-state index >= 15 is 0 Å². The third-order valence-electron chi connectivity index (χ3n) is 7.91. The van der Waals surface area contributed by atoms with Crippen molar-refractivity contribution < 1.29 is 9.84 Å². The Hall–Kier alpha value is -2.82. The highest BCUT2D eigenvalue weighted by molar-refractivity contribution is 5.37. The van der Waals surface area contributed by atoms with Gasteiger partial charge in [-0.3, -0.25) is 4.90 Å². The number of hydrogen-bond acceptors (Lipinski definition) is 4. The first-order valence-corrected chi connectivity index (χ1v) is 13.4. The Morgan fingerprint density at radius 3 is 2.61 bits per heavy atom. The molecular formula is C32H42N2O2. The van der Waals surface area contributed by atoms with Crippen LogP contribution in [-0.4, -0.2) is 54.7 Å². The van der Waals surface area contributed by atoms with Gasteiger partial charge in [0.25, 0.3) is 0 Å². The number of hydrogen-bond donors (Lipinski definition) is 1. The Morgan fingerprint density at radius 1 is 1.11 bits per heavy atom. The lowest BCUT2D eigenvalue weighted by Crippen LogP contribution is -2.43. The minimum atomic E-state index is 0.297. The maximum Gasteiger partial charge on any atom is 0.116 e. The molecule has 0 aliphatic heterocycles. The molecule has 0 aromatic heterocycles. The van der Waals surface area contributed by atoms with E-state index in [2.05, 4.69) is 78.9 Å². The number of aromatic hydroxyl groups is 1. The number of aryl methyl sites for hydroxylation is 1. The van der Waals surface area contributed by atoms with Crippen molar-refractivity contribution in [1.82, 2.24) is 9.80 Å². The highest BCUT2D eigenvalue weighted by atomic mass is 16.5. The average molecular weight is 487 g/mol. The molecular weight excluding hydrogens is 444 g/mol. The molecule has 0 saturated carbocycles. The second-order valence-electron chi connectivity index (χ2n) is 10.3. The highest BCUT2D eigenvalue weighted by Crippen LogP contribution is 2.38. The smallest absolute Gasteiger partial charge is 0.116 e. The van der Waals surface area contributed by atoms with Gasteiger partial charge in [0.1, 0.15) is 11.5 Å². The standard InChI is InChI=1S/C32H42N2O2/c1-5-18-33(3)19-17-24-7-9-25(10-8-24)23-34(6-2)32-22-30(36-4)15-16-31(32)28-12-11-27-21-29(35)14-13-26(27)20-28/h5,7-10,13-16,21-22,28,31-32,35H,1,6,11-12,17-20,23H2,2-4H3/t28-,31?,32?/m1/s1. The van der Waals surface area contributed by atoms with Crippen LogP contribution in [0.4, 0.5) is 0 Å². The summed E-state index contributed by atoms with van der Waals surface area (Å²) < 4.78 is 5.66. The van der Waals surface area contributed by atoms with E-state index in [1.807, 2.05) is 18.2 Å². The summed E-state index contributed by atoms with van der Waals surface area (Å²) in [6.07, 6.45) is 13.1. The monoisotopic (exact) mass is 486 g/mol. The summed E-state index contributed by atoms with van der Waals surface area (Å²) in [5, 5.41) is 9.89. The Morgan fingerprint density at radius 2 is 1.89 bits per heavy atom. The van der Waals surface area contributed by atoms with Crippen molar-refractivity contribution in [3.63, 3.8) is 0 Å². The van der Waals surface area contributed by atoms with Gasteiger partial charge in [-0.15, -0.1) is 6.58 Å². The molecule has 4 nitrogen and oxygen atoms in total. The maximum atomic E-state index is 9.89. The Bertz CT molecular complexity index is 1070. The molecule has 36 heavy (non-hydrogen) atoms. The zero-order chi connectivity index (χ0) is 25.5. The van der Waals surface area contributed by atoms with Crippen molar-refractivity contribution in [3.8, 4) is 5.75 Å². The third-order valence-corrected chi connectivity index (χ3v) is 7.91. The van der Waals surface area contributed by atoms with E-state index in [9.17, 15) is 5.11 Å². The molecule has 2 aliphatic rings. The SMILES string of the molecule is C=CCN(C)CCc1ccc(CN(CC)C2C=C(OC)C=CC2[C@@H]2CCc3cc(O)ccc3C2)cc1. The normalized spacial score (nSPS) is 21.4. The Balaban J connectivity index is 1.46. The fourth-order valence-electron chi connectivity index (χ4n) is 5.78. The molecule has 2 aromatic rings. The second-order valence-corrected chi connectivity index (χ2v) is 10.3.